The zero-order chi connectivity index (χ0) is 14.3. The highest BCUT2D eigenvalue weighted by atomic mass is 16.5. The zero-order valence-corrected chi connectivity index (χ0v) is 12.0. The second-order valence-electron chi connectivity index (χ2n) is 5.71. The van der Waals surface area contributed by atoms with E-state index in [2.05, 4.69) is 18.3 Å². The number of aliphatic hydroxyl groups is 1. The van der Waals surface area contributed by atoms with Crippen molar-refractivity contribution < 1.29 is 14.6 Å². The van der Waals surface area contributed by atoms with Crippen LogP contribution in [0.5, 0.6) is 0 Å². The molecule has 3 rings (SSSR count). The Balaban J connectivity index is 2.03. The molecule has 2 heterocycles. The summed E-state index contributed by atoms with van der Waals surface area (Å²) in [7, 11) is 0. The van der Waals surface area contributed by atoms with Crippen LogP contribution in [0.4, 0.5) is 5.69 Å². The fourth-order valence-corrected chi connectivity index (χ4v) is 3.10. The molecule has 0 spiro atoms. The van der Waals surface area contributed by atoms with Crippen molar-refractivity contribution in [3.8, 4) is 0 Å². The number of hydrogen-bond acceptors (Lipinski definition) is 3. The molecule has 0 aromatic heterocycles. The highest BCUT2D eigenvalue weighted by molar-refractivity contribution is 6.03. The largest absolute Gasteiger partial charge is 0.386 e. The maximum Gasteiger partial charge on any atom is 0.231 e. The van der Waals surface area contributed by atoms with Gasteiger partial charge < -0.3 is 15.2 Å². The first-order valence-corrected chi connectivity index (χ1v) is 7.39. The molecule has 1 saturated heterocycles. The molecule has 3 atom stereocenters. The number of aliphatic hydroxyl groups excluding tert-OH is 1. The molecule has 2 N–H and O–H groups in total. The molecule has 20 heavy (non-hydrogen) atoms. The van der Waals surface area contributed by atoms with Gasteiger partial charge in [-0.25, -0.2) is 0 Å². The van der Waals surface area contributed by atoms with E-state index in [0.717, 1.165) is 41.6 Å². The molecule has 0 saturated carbocycles. The molecule has 1 amide bonds. The molecule has 108 valence electrons. The Bertz CT molecular complexity index is 535. The molecule has 2 aliphatic heterocycles. The fraction of sp³-hybridized carbons (Fsp3) is 0.562. The monoisotopic (exact) mass is 275 g/mol. The minimum absolute atomic E-state index is 0.00837. The van der Waals surface area contributed by atoms with E-state index in [1.54, 1.807) is 0 Å². The van der Waals surface area contributed by atoms with E-state index in [4.69, 9.17) is 4.74 Å². The number of fused-ring (bicyclic) bond motifs is 1. The summed E-state index contributed by atoms with van der Waals surface area (Å²) in [6.45, 7) is 4.70. The van der Waals surface area contributed by atoms with Crippen molar-refractivity contribution in [2.24, 2.45) is 0 Å². The van der Waals surface area contributed by atoms with Crippen LogP contribution in [-0.2, 0) is 16.0 Å². The Morgan fingerprint density at radius 2 is 2.30 bits per heavy atom. The van der Waals surface area contributed by atoms with Gasteiger partial charge in [-0.05, 0) is 37.3 Å². The number of rotatable bonds is 3. The van der Waals surface area contributed by atoms with E-state index >= 15 is 0 Å². The van der Waals surface area contributed by atoms with Crippen molar-refractivity contribution >= 4 is 11.6 Å². The number of hydrogen-bond donors (Lipinski definition) is 2. The summed E-state index contributed by atoms with van der Waals surface area (Å²) in [6, 6.07) is 4.08. The predicted octanol–water partition coefficient (Wildman–Crippen LogP) is 2.52. The van der Waals surface area contributed by atoms with Gasteiger partial charge in [-0.3, -0.25) is 4.79 Å². The van der Waals surface area contributed by atoms with Crippen molar-refractivity contribution in [1.29, 1.82) is 0 Å². The Labute approximate surface area is 119 Å². The third-order valence-corrected chi connectivity index (χ3v) is 4.41. The number of aryl methyl sites for hydroxylation is 1. The molecule has 0 aliphatic carbocycles. The Morgan fingerprint density at radius 3 is 2.95 bits per heavy atom. The molecule has 1 aromatic rings. The lowest BCUT2D eigenvalue weighted by atomic mass is 9.92. The topological polar surface area (TPSA) is 58.6 Å². The molecule has 1 fully saturated rings. The quantitative estimate of drug-likeness (QED) is 0.891. The number of nitrogens with one attached hydrogen (secondary N) is 1. The summed E-state index contributed by atoms with van der Waals surface area (Å²) in [5.41, 5.74) is 3.76. The van der Waals surface area contributed by atoms with Crippen LogP contribution < -0.4 is 5.32 Å². The van der Waals surface area contributed by atoms with Gasteiger partial charge in [0.1, 0.15) is 6.10 Å². The highest BCUT2D eigenvalue weighted by Gasteiger charge is 2.34. The van der Waals surface area contributed by atoms with E-state index in [9.17, 15) is 9.90 Å². The van der Waals surface area contributed by atoms with Crippen molar-refractivity contribution in [3.63, 3.8) is 0 Å². The Hall–Kier alpha value is -1.39. The predicted molar refractivity (Wildman–Crippen MR) is 76.8 cm³/mol. The lowest BCUT2D eigenvalue weighted by Gasteiger charge is -2.21. The molecular weight excluding hydrogens is 254 g/mol. The van der Waals surface area contributed by atoms with E-state index in [0.29, 0.717) is 6.61 Å². The Morgan fingerprint density at radius 1 is 1.50 bits per heavy atom. The van der Waals surface area contributed by atoms with Crippen LogP contribution in [0.1, 0.15) is 55.4 Å². The smallest absolute Gasteiger partial charge is 0.231 e. The minimum atomic E-state index is -0.664. The van der Waals surface area contributed by atoms with Crippen LogP contribution in [0.3, 0.4) is 0 Å². The molecule has 3 unspecified atom stereocenters. The van der Waals surface area contributed by atoms with Crippen molar-refractivity contribution in [2.75, 3.05) is 11.9 Å². The van der Waals surface area contributed by atoms with Crippen LogP contribution in [0.2, 0.25) is 0 Å². The minimum Gasteiger partial charge on any atom is -0.386 e. The lowest BCUT2D eigenvalue weighted by molar-refractivity contribution is -0.116. The van der Waals surface area contributed by atoms with E-state index in [1.807, 2.05) is 13.0 Å². The third kappa shape index (κ3) is 2.13. The average Bonchev–Trinajstić information content (AvgIpc) is 3.07. The fourth-order valence-electron chi connectivity index (χ4n) is 3.10. The summed E-state index contributed by atoms with van der Waals surface area (Å²) < 4.78 is 5.59. The number of carbonyl (C=O) groups excluding carboxylic acids is 1. The van der Waals surface area contributed by atoms with Gasteiger partial charge in [0.15, 0.2) is 0 Å². The first-order chi connectivity index (χ1) is 9.61. The van der Waals surface area contributed by atoms with Crippen LogP contribution in [-0.4, -0.2) is 23.7 Å². The summed E-state index contributed by atoms with van der Waals surface area (Å²) in [4.78, 5) is 11.9. The van der Waals surface area contributed by atoms with Crippen LogP contribution in [0.15, 0.2) is 12.1 Å². The standard InChI is InChI=1S/C16H21NO3/c1-3-10-7-11-9(2)16(19)17-14(11)12(8-10)15(18)13-5-4-6-20-13/h7-9,13,15,18H,3-6H2,1-2H3,(H,17,19). The lowest BCUT2D eigenvalue weighted by Crippen LogP contribution is -2.19. The molecule has 0 radical (unpaired) electrons. The number of anilines is 1. The van der Waals surface area contributed by atoms with Crippen LogP contribution in [0.25, 0.3) is 0 Å². The molecular formula is C16H21NO3. The summed E-state index contributed by atoms with van der Waals surface area (Å²) in [5.74, 6) is -0.138. The van der Waals surface area contributed by atoms with Gasteiger partial charge in [0.05, 0.1) is 17.7 Å². The maximum atomic E-state index is 11.9. The average molecular weight is 275 g/mol. The second-order valence-corrected chi connectivity index (χ2v) is 5.71. The first kappa shape index (κ1) is 13.6. The van der Waals surface area contributed by atoms with Gasteiger partial charge in [0, 0.05) is 12.2 Å². The second kappa shape index (κ2) is 5.19. The SMILES string of the molecule is CCc1cc2c(c(C(O)C3CCCO3)c1)NC(=O)C2C. The number of amides is 1. The van der Waals surface area contributed by atoms with Crippen molar-refractivity contribution in [1.82, 2.24) is 0 Å². The molecule has 2 aliphatic rings. The molecule has 4 heteroatoms. The van der Waals surface area contributed by atoms with Gasteiger partial charge >= 0.3 is 0 Å². The van der Waals surface area contributed by atoms with E-state index < -0.39 is 6.10 Å². The summed E-state index contributed by atoms with van der Waals surface area (Å²) in [6.07, 6.45) is 1.93. The van der Waals surface area contributed by atoms with Gasteiger partial charge in [0.25, 0.3) is 0 Å². The van der Waals surface area contributed by atoms with Crippen molar-refractivity contribution in [3.05, 3.63) is 28.8 Å². The van der Waals surface area contributed by atoms with Gasteiger partial charge in [-0.2, -0.15) is 0 Å². The zero-order valence-electron chi connectivity index (χ0n) is 12.0. The molecule has 4 nitrogen and oxygen atoms in total. The van der Waals surface area contributed by atoms with Gasteiger partial charge in [0.2, 0.25) is 5.91 Å². The third-order valence-electron chi connectivity index (χ3n) is 4.41. The van der Waals surface area contributed by atoms with Crippen LogP contribution in [0, 0.1) is 0 Å². The number of carbonyl (C=O) groups is 1. The number of ether oxygens (including phenoxy) is 1. The maximum absolute atomic E-state index is 11.9. The van der Waals surface area contributed by atoms with Gasteiger partial charge in [-0.1, -0.05) is 19.1 Å². The van der Waals surface area contributed by atoms with Gasteiger partial charge in [-0.15, -0.1) is 0 Å². The highest BCUT2D eigenvalue weighted by Crippen LogP contribution is 2.41. The van der Waals surface area contributed by atoms with E-state index in [1.165, 1.54) is 0 Å². The number of benzene rings is 1. The summed E-state index contributed by atoms with van der Waals surface area (Å²) in [5, 5.41) is 13.5. The van der Waals surface area contributed by atoms with E-state index in [-0.39, 0.29) is 17.9 Å². The molecule has 0 bridgehead atoms. The molecule has 1 aromatic carbocycles. The Kier molecular flexibility index (Phi) is 3.52. The van der Waals surface area contributed by atoms with Crippen LogP contribution >= 0.6 is 0 Å². The summed E-state index contributed by atoms with van der Waals surface area (Å²) >= 11 is 0. The van der Waals surface area contributed by atoms with Crippen molar-refractivity contribution in [2.45, 2.75) is 51.2 Å². The first-order valence-electron chi connectivity index (χ1n) is 7.39. The normalized spacial score (nSPS) is 26.4.